The van der Waals surface area contributed by atoms with Gasteiger partial charge in [-0.25, -0.2) is 4.58 Å². The van der Waals surface area contributed by atoms with Gasteiger partial charge >= 0.3 is 0 Å². The van der Waals surface area contributed by atoms with Crippen molar-refractivity contribution in [1.29, 1.82) is 0 Å². The molecule has 2 aliphatic rings. The van der Waals surface area contributed by atoms with Crippen molar-refractivity contribution >= 4 is 60.7 Å². The van der Waals surface area contributed by atoms with Crippen molar-refractivity contribution in [3.8, 4) is 0 Å². The first-order chi connectivity index (χ1) is 15.6. The van der Waals surface area contributed by atoms with Crippen LogP contribution in [0.3, 0.4) is 0 Å². The maximum absolute atomic E-state index is 6.31. The molecule has 4 heteroatoms. The number of halogens is 2. The smallest absolute Gasteiger partial charge is 0.213 e. The molecule has 0 saturated heterocycles. The number of rotatable bonds is 3. The molecule has 3 aromatic carbocycles. The average molecular weight is 546 g/mol. The molecular formula is C28H20Br2NO+. The van der Waals surface area contributed by atoms with Gasteiger partial charge < -0.3 is 4.74 Å². The summed E-state index contributed by atoms with van der Waals surface area (Å²) in [6, 6.07) is 25.0. The summed E-state index contributed by atoms with van der Waals surface area (Å²) in [5, 5.41) is 0. The van der Waals surface area contributed by atoms with Crippen LogP contribution >= 0.6 is 31.9 Å². The van der Waals surface area contributed by atoms with Crippen LogP contribution < -0.4 is 0 Å². The molecule has 2 aliphatic heterocycles. The fraction of sp³-hybridized carbons (Fsp3) is 0.0357. The number of benzene rings is 3. The molecule has 0 bridgehead atoms. The van der Waals surface area contributed by atoms with E-state index in [0.29, 0.717) is 0 Å². The second-order valence-corrected chi connectivity index (χ2v) is 9.50. The SMILES string of the molecule is C[N+]1=CC(=CC=C2C=C(c3ccc(Br)cc3)C=C(c3ccc(Br)cc3)O2)c2ccccc21. The van der Waals surface area contributed by atoms with Crippen LogP contribution in [0.1, 0.15) is 16.7 Å². The lowest BCUT2D eigenvalue weighted by molar-refractivity contribution is -0.395. The molecular weight excluding hydrogens is 526 g/mol. The number of hydrogen-bond donors (Lipinski definition) is 0. The summed E-state index contributed by atoms with van der Waals surface area (Å²) >= 11 is 7.04. The van der Waals surface area contributed by atoms with Crippen LogP contribution in [0.2, 0.25) is 0 Å². The van der Waals surface area contributed by atoms with Crippen molar-refractivity contribution in [3.63, 3.8) is 0 Å². The van der Waals surface area contributed by atoms with Crippen LogP contribution in [-0.2, 0) is 4.74 Å². The Morgan fingerprint density at radius 2 is 1.41 bits per heavy atom. The zero-order valence-corrected chi connectivity index (χ0v) is 20.6. The molecule has 2 heterocycles. The minimum Gasteiger partial charge on any atom is -0.457 e. The lowest BCUT2D eigenvalue weighted by Gasteiger charge is -2.18. The van der Waals surface area contributed by atoms with E-state index < -0.39 is 0 Å². The Bertz CT molecular complexity index is 1340. The third kappa shape index (κ3) is 4.34. The summed E-state index contributed by atoms with van der Waals surface area (Å²) in [5.74, 6) is 1.63. The van der Waals surface area contributed by atoms with Gasteiger partial charge in [-0.2, -0.15) is 0 Å². The number of fused-ring (bicyclic) bond motifs is 1. The van der Waals surface area contributed by atoms with E-state index in [1.807, 2.05) is 18.2 Å². The summed E-state index contributed by atoms with van der Waals surface area (Å²) < 4.78 is 10.6. The number of nitrogens with zero attached hydrogens (tertiary/aromatic N) is 1. The highest BCUT2D eigenvalue weighted by molar-refractivity contribution is 9.10. The van der Waals surface area contributed by atoms with Crippen molar-refractivity contribution in [1.82, 2.24) is 0 Å². The van der Waals surface area contributed by atoms with E-state index in [1.165, 1.54) is 11.3 Å². The summed E-state index contributed by atoms with van der Waals surface area (Å²) in [6.45, 7) is 0. The minimum absolute atomic E-state index is 0.802. The first kappa shape index (κ1) is 20.9. The number of para-hydroxylation sites is 1. The lowest BCUT2D eigenvalue weighted by atomic mass is 10.0. The molecule has 2 nitrogen and oxygen atoms in total. The normalized spacial score (nSPS) is 17.5. The Kier molecular flexibility index (Phi) is 5.81. The Morgan fingerprint density at radius 3 is 2.12 bits per heavy atom. The maximum Gasteiger partial charge on any atom is 0.213 e. The molecule has 32 heavy (non-hydrogen) atoms. The quantitative estimate of drug-likeness (QED) is 0.304. The van der Waals surface area contributed by atoms with Gasteiger partial charge in [0.2, 0.25) is 5.69 Å². The van der Waals surface area contributed by atoms with Gasteiger partial charge in [-0.1, -0.05) is 68.3 Å². The number of hydrogen-bond acceptors (Lipinski definition) is 1. The summed E-state index contributed by atoms with van der Waals surface area (Å²) in [4.78, 5) is 0. The Morgan fingerprint density at radius 1 is 0.750 bits per heavy atom. The first-order valence-corrected chi connectivity index (χ1v) is 11.9. The fourth-order valence-electron chi connectivity index (χ4n) is 3.85. The third-order valence-corrected chi connectivity index (χ3v) is 6.53. The second-order valence-electron chi connectivity index (χ2n) is 7.67. The molecule has 5 rings (SSSR count). The van der Waals surface area contributed by atoms with Gasteiger partial charge in [0.1, 0.15) is 18.6 Å². The molecule has 3 aromatic rings. The zero-order chi connectivity index (χ0) is 22.1. The van der Waals surface area contributed by atoms with Gasteiger partial charge in [0.15, 0.2) is 6.21 Å². The van der Waals surface area contributed by atoms with Crippen LogP contribution in [0, 0.1) is 0 Å². The van der Waals surface area contributed by atoms with Crippen molar-refractivity contribution < 1.29 is 9.31 Å². The predicted octanol–water partition coefficient (Wildman–Crippen LogP) is 7.99. The van der Waals surface area contributed by atoms with Crippen LogP contribution in [0.4, 0.5) is 5.69 Å². The van der Waals surface area contributed by atoms with Gasteiger partial charge in [-0.3, -0.25) is 0 Å². The van der Waals surface area contributed by atoms with Crippen LogP contribution in [-0.4, -0.2) is 17.8 Å². The molecule has 0 aromatic heterocycles. The van der Waals surface area contributed by atoms with E-state index in [9.17, 15) is 0 Å². The highest BCUT2D eigenvalue weighted by Crippen LogP contribution is 2.34. The van der Waals surface area contributed by atoms with Crippen molar-refractivity contribution in [2.24, 2.45) is 0 Å². The maximum atomic E-state index is 6.31. The minimum atomic E-state index is 0.802. The van der Waals surface area contributed by atoms with Crippen molar-refractivity contribution in [2.45, 2.75) is 0 Å². The van der Waals surface area contributed by atoms with Gasteiger partial charge in [0.25, 0.3) is 0 Å². The molecule has 0 saturated carbocycles. The lowest BCUT2D eigenvalue weighted by Crippen LogP contribution is -1.99. The molecule has 0 N–H and O–H groups in total. The molecule has 0 spiro atoms. The molecule has 0 radical (unpaired) electrons. The topological polar surface area (TPSA) is 12.2 Å². The molecule has 0 fully saturated rings. The van der Waals surface area contributed by atoms with E-state index in [-0.39, 0.29) is 0 Å². The zero-order valence-electron chi connectivity index (χ0n) is 17.4. The van der Waals surface area contributed by atoms with Crippen LogP contribution in [0.25, 0.3) is 16.9 Å². The van der Waals surface area contributed by atoms with Gasteiger partial charge in [0.05, 0.1) is 11.1 Å². The van der Waals surface area contributed by atoms with E-state index >= 15 is 0 Å². The average Bonchev–Trinajstić information content (AvgIpc) is 3.14. The van der Waals surface area contributed by atoms with Gasteiger partial charge in [0, 0.05) is 20.6 Å². The standard InChI is InChI=1S/C28H20Br2NO/c1-31-18-21(26-4-2-3-5-27(26)31)10-15-25-16-22(19-6-11-23(29)12-7-19)17-28(32-25)20-8-13-24(30)14-9-20/h2-18H,1H3/q+1. The van der Waals surface area contributed by atoms with Gasteiger partial charge in [-0.05, 0) is 65.8 Å². The number of allylic oxidation sites excluding steroid dienone is 6. The van der Waals surface area contributed by atoms with Crippen molar-refractivity contribution in [3.05, 3.63) is 128 Å². The predicted molar refractivity (Wildman–Crippen MR) is 140 cm³/mol. The fourth-order valence-corrected chi connectivity index (χ4v) is 4.38. The molecule has 156 valence electrons. The largest absolute Gasteiger partial charge is 0.457 e. The van der Waals surface area contributed by atoms with E-state index in [1.54, 1.807) is 0 Å². The highest BCUT2D eigenvalue weighted by atomic mass is 79.9. The Balaban J connectivity index is 1.55. The Hall–Kier alpha value is -2.95. The van der Waals surface area contributed by atoms with E-state index in [0.717, 1.165) is 42.7 Å². The molecule has 0 aliphatic carbocycles. The molecule has 0 unspecified atom stereocenters. The molecule has 0 atom stereocenters. The third-order valence-electron chi connectivity index (χ3n) is 5.47. The first-order valence-electron chi connectivity index (χ1n) is 10.3. The van der Waals surface area contributed by atoms with Crippen LogP contribution in [0.15, 0.2) is 112 Å². The highest BCUT2D eigenvalue weighted by Gasteiger charge is 2.22. The van der Waals surface area contributed by atoms with E-state index in [4.69, 9.17) is 4.74 Å². The van der Waals surface area contributed by atoms with E-state index in [2.05, 4.69) is 129 Å². The summed E-state index contributed by atoms with van der Waals surface area (Å²) in [6.07, 6.45) is 10.5. The Labute approximate surface area is 204 Å². The summed E-state index contributed by atoms with van der Waals surface area (Å²) in [7, 11) is 2.07. The summed E-state index contributed by atoms with van der Waals surface area (Å²) in [5.41, 5.74) is 6.89. The monoisotopic (exact) mass is 544 g/mol. The van der Waals surface area contributed by atoms with Gasteiger partial charge in [-0.15, -0.1) is 0 Å². The number of ether oxygens (including phenoxy) is 1. The second kappa shape index (κ2) is 8.89. The van der Waals surface area contributed by atoms with Crippen molar-refractivity contribution in [2.75, 3.05) is 7.05 Å². The molecule has 0 amide bonds. The van der Waals surface area contributed by atoms with Crippen LogP contribution in [0.5, 0.6) is 0 Å².